The van der Waals surface area contributed by atoms with Gasteiger partial charge in [-0.2, -0.15) is 0 Å². The molecule has 0 aliphatic carbocycles. The predicted octanol–water partition coefficient (Wildman–Crippen LogP) is 2.02. The molecule has 0 unspecified atom stereocenters. The third-order valence-corrected chi connectivity index (χ3v) is 2.98. The highest BCUT2D eigenvalue weighted by Crippen LogP contribution is 2.26. The van der Waals surface area contributed by atoms with E-state index in [4.69, 9.17) is 5.11 Å². The maximum Gasteiger partial charge on any atom is 0.320 e. The number of carboxylic acid groups (broad SMARTS) is 1. The van der Waals surface area contributed by atoms with Gasteiger partial charge in [0.05, 0.1) is 0 Å². The molecule has 82 valence electrons. The Morgan fingerprint density at radius 1 is 1.29 bits per heavy atom. The summed E-state index contributed by atoms with van der Waals surface area (Å²) in [5.74, 6) is -0.707. The van der Waals surface area contributed by atoms with Crippen LogP contribution in [0.3, 0.4) is 0 Å². The van der Waals surface area contributed by atoms with Crippen molar-refractivity contribution in [1.29, 1.82) is 0 Å². The van der Waals surface area contributed by atoms with Gasteiger partial charge in [-0.05, 0) is 18.3 Å². The van der Waals surface area contributed by atoms with Crippen LogP contribution in [0.25, 0.3) is 0 Å². The van der Waals surface area contributed by atoms with Gasteiger partial charge in [0.25, 0.3) is 0 Å². The summed E-state index contributed by atoms with van der Waals surface area (Å²) in [6.45, 7) is 6.48. The maximum atomic E-state index is 10.9. The Balaban J connectivity index is 2.65. The van der Waals surface area contributed by atoms with Gasteiger partial charge in [0.15, 0.2) is 0 Å². The van der Waals surface area contributed by atoms with E-state index in [0.29, 0.717) is 6.04 Å². The van der Waals surface area contributed by atoms with E-state index in [9.17, 15) is 4.79 Å². The molecule has 0 aromatic heterocycles. The van der Waals surface area contributed by atoms with E-state index in [1.807, 2.05) is 0 Å². The van der Waals surface area contributed by atoms with Crippen molar-refractivity contribution >= 4 is 5.97 Å². The molecule has 2 atom stereocenters. The number of hydrogen-bond donors (Lipinski definition) is 2. The van der Waals surface area contributed by atoms with E-state index in [0.717, 1.165) is 25.7 Å². The highest BCUT2D eigenvalue weighted by atomic mass is 16.4. The van der Waals surface area contributed by atoms with Gasteiger partial charge in [-0.25, -0.2) is 0 Å². The van der Waals surface area contributed by atoms with Crippen LogP contribution >= 0.6 is 0 Å². The van der Waals surface area contributed by atoms with Crippen molar-refractivity contribution in [2.45, 2.75) is 58.5 Å². The molecule has 1 heterocycles. The lowest BCUT2D eigenvalue weighted by atomic mass is 9.84. The Kier molecular flexibility index (Phi) is 3.53. The monoisotopic (exact) mass is 199 g/mol. The Labute approximate surface area is 85.9 Å². The number of nitrogens with one attached hydrogen (secondary N) is 1. The van der Waals surface area contributed by atoms with E-state index in [1.165, 1.54) is 0 Å². The molecule has 1 fully saturated rings. The van der Waals surface area contributed by atoms with Crippen LogP contribution in [0.15, 0.2) is 0 Å². The molecule has 0 aromatic rings. The first kappa shape index (κ1) is 11.5. The fraction of sp³-hybridized carbons (Fsp3) is 0.909. The molecule has 0 radical (unpaired) electrons. The fourth-order valence-corrected chi connectivity index (χ4v) is 1.98. The molecule has 0 bridgehead atoms. The quantitative estimate of drug-likeness (QED) is 0.679. The van der Waals surface area contributed by atoms with Crippen LogP contribution in [0.5, 0.6) is 0 Å². The smallest absolute Gasteiger partial charge is 0.320 e. The maximum absolute atomic E-state index is 10.9. The van der Waals surface area contributed by atoms with Crippen molar-refractivity contribution in [2.24, 2.45) is 5.41 Å². The van der Waals surface area contributed by atoms with Crippen LogP contribution in [0.2, 0.25) is 0 Å². The van der Waals surface area contributed by atoms with Crippen molar-refractivity contribution in [1.82, 2.24) is 5.32 Å². The summed E-state index contributed by atoms with van der Waals surface area (Å²) >= 11 is 0. The second kappa shape index (κ2) is 4.30. The average Bonchev–Trinajstić information content (AvgIpc) is 2.26. The molecule has 2 N–H and O–H groups in total. The third-order valence-electron chi connectivity index (χ3n) is 2.98. The highest BCUT2D eigenvalue weighted by molar-refractivity contribution is 5.73. The topological polar surface area (TPSA) is 49.3 Å². The molecule has 1 rings (SSSR count). The minimum atomic E-state index is -0.707. The van der Waals surface area contributed by atoms with Crippen LogP contribution in [0, 0.1) is 5.41 Å². The molecule has 0 amide bonds. The second-order valence-corrected chi connectivity index (χ2v) is 5.26. The minimum Gasteiger partial charge on any atom is -0.480 e. The zero-order valence-corrected chi connectivity index (χ0v) is 9.34. The highest BCUT2D eigenvalue weighted by Gasteiger charge is 2.30. The lowest BCUT2D eigenvalue weighted by Gasteiger charge is -2.32. The van der Waals surface area contributed by atoms with Crippen LogP contribution in [0.4, 0.5) is 0 Å². The lowest BCUT2D eigenvalue weighted by molar-refractivity contribution is -0.140. The van der Waals surface area contributed by atoms with Crippen LogP contribution in [0.1, 0.15) is 46.5 Å². The van der Waals surface area contributed by atoms with Gasteiger partial charge in [0.2, 0.25) is 0 Å². The van der Waals surface area contributed by atoms with Gasteiger partial charge in [0.1, 0.15) is 6.04 Å². The zero-order valence-electron chi connectivity index (χ0n) is 9.34. The molecule has 1 aliphatic rings. The summed E-state index contributed by atoms with van der Waals surface area (Å²) in [7, 11) is 0. The Morgan fingerprint density at radius 2 is 1.86 bits per heavy atom. The summed E-state index contributed by atoms with van der Waals surface area (Å²) in [6, 6.07) is -0.0205. The van der Waals surface area contributed by atoms with Crippen molar-refractivity contribution in [3.63, 3.8) is 0 Å². The molecule has 1 aliphatic heterocycles. The molecule has 14 heavy (non-hydrogen) atoms. The van der Waals surface area contributed by atoms with Gasteiger partial charge in [-0.1, -0.05) is 33.6 Å². The standard InChI is InChI=1S/C11H21NO2/c1-11(2,3)9-7-5-4-6-8(12-9)10(13)14/h8-9,12H,4-7H2,1-3H3,(H,13,14)/t8-,9-/m0/s1. The Hall–Kier alpha value is -0.570. The van der Waals surface area contributed by atoms with Gasteiger partial charge in [0, 0.05) is 6.04 Å². The van der Waals surface area contributed by atoms with Gasteiger partial charge in [-0.3, -0.25) is 4.79 Å². The summed E-state index contributed by atoms with van der Waals surface area (Å²) in [4.78, 5) is 10.9. The largest absolute Gasteiger partial charge is 0.480 e. The van der Waals surface area contributed by atoms with E-state index in [-0.39, 0.29) is 11.5 Å². The molecule has 0 saturated carbocycles. The normalized spacial score (nSPS) is 29.6. The summed E-state index contributed by atoms with van der Waals surface area (Å²) in [6.07, 6.45) is 4.02. The van der Waals surface area contributed by atoms with E-state index >= 15 is 0 Å². The Bertz CT molecular complexity index is 208. The number of carboxylic acids is 1. The van der Waals surface area contributed by atoms with Crippen molar-refractivity contribution < 1.29 is 9.90 Å². The first-order valence-electron chi connectivity index (χ1n) is 5.40. The lowest BCUT2D eigenvalue weighted by Crippen LogP contribution is -2.47. The predicted molar refractivity (Wildman–Crippen MR) is 56.3 cm³/mol. The Morgan fingerprint density at radius 3 is 2.36 bits per heavy atom. The average molecular weight is 199 g/mol. The molecule has 0 spiro atoms. The number of rotatable bonds is 1. The molecule has 1 saturated heterocycles. The van der Waals surface area contributed by atoms with E-state index in [1.54, 1.807) is 0 Å². The molecule has 3 nitrogen and oxygen atoms in total. The van der Waals surface area contributed by atoms with Crippen molar-refractivity contribution in [2.75, 3.05) is 0 Å². The van der Waals surface area contributed by atoms with Crippen LogP contribution in [-0.4, -0.2) is 23.2 Å². The zero-order chi connectivity index (χ0) is 10.8. The first-order chi connectivity index (χ1) is 6.41. The van der Waals surface area contributed by atoms with E-state index < -0.39 is 5.97 Å². The number of aliphatic carboxylic acids is 1. The SMILES string of the molecule is CC(C)(C)[C@@H]1CCCC[C@@H](C(=O)O)N1. The summed E-state index contributed by atoms with van der Waals surface area (Å²) in [5.41, 5.74) is 0.151. The summed E-state index contributed by atoms with van der Waals surface area (Å²) < 4.78 is 0. The molecule has 0 aromatic carbocycles. The van der Waals surface area contributed by atoms with Crippen molar-refractivity contribution in [3.05, 3.63) is 0 Å². The molecular formula is C11H21NO2. The number of carbonyl (C=O) groups is 1. The van der Waals surface area contributed by atoms with Crippen LogP contribution < -0.4 is 5.32 Å². The van der Waals surface area contributed by atoms with Crippen LogP contribution in [-0.2, 0) is 4.79 Å². The molecule has 3 heteroatoms. The first-order valence-corrected chi connectivity index (χ1v) is 5.40. The third kappa shape index (κ3) is 2.98. The van der Waals surface area contributed by atoms with Crippen molar-refractivity contribution in [3.8, 4) is 0 Å². The molecular weight excluding hydrogens is 178 g/mol. The number of hydrogen-bond acceptors (Lipinski definition) is 2. The second-order valence-electron chi connectivity index (χ2n) is 5.26. The fourth-order valence-electron chi connectivity index (χ4n) is 1.98. The van der Waals surface area contributed by atoms with Gasteiger partial charge < -0.3 is 10.4 Å². The minimum absolute atomic E-state index is 0.151. The van der Waals surface area contributed by atoms with Gasteiger partial charge >= 0.3 is 5.97 Å². The van der Waals surface area contributed by atoms with E-state index in [2.05, 4.69) is 26.1 Å². The summed E-state index contributed by atoms with van der Waals surface area (Å²) in [5, 5.41) is 12.2. The van der Waals surface area contributed by atoms with Gasteiger partial charge in [-0.15, -0.1) is 0 Å².